The molecular formula is C9H12O3S. The molecular weight excluding hydrogens is 188 g/mol. The number of sulfone groups is 1. The molecule has 72 valence electrons. The zero-order valence-corrected chi connectivity index (χ0v) is 8.47. The molecule has 3 nitrogen and oxygen atoms in total. The number of benzene rings is 1. The lowest BCUT2D eigenvalue weighted by Gasteiger charge is -2.03. The molecule has 0 heterocycles. The molecule has 1 aromatic rings. The van der Waals surface area contributed by atoms with E-state index in [0.29, 0.717) is 5.75 Å². The van der Waals surface area contributed by atoms with Crippen molar-refractivity contribution in [2.24, 2.45) is 0 Å². The van der Waals surface area contributed by atoms with Crippen molar-refractivity contribution in [1.82, 2.24) is 0 Å². The van der Waals surface area contributed by atoms with Gasteiger partial charge in [-0.3, -0.25) is 0 Å². The molecule has 1 aromatic carbocycles. The molecule has 0 radical (unpaired) electrons. The van der Waals surface area contributed by atoms with Crippen LogP contribution in [-0.2, 0) is 9.84 Å². The lowest BCUT2D eigenvalue weighted by molar-refractivity contribution is 0.378. The zero-order chi connectivity index (χ0) is 9.90. The zero-order valence-electron chi connectivity index (χ0n) is 7.65. The summed E-state index contributed by atoms with van der Waals surface area (Å²) < 4.78 is 26.5. The van der Waals surface area contributed by atoms with E-state index < -0.39 is 9.84 Å². The van der Waals surface area contributed by atoms with Gasteiger partial charge in [-0.15, -0.1) is 0 Å². The predicted octanol–water partition coefficient (Wildman–Crippen LogP) is 1.38. The lowest BCUT2D eigenvalue weighted by atomic mass is 10.2. The molecule has 0 bridgehead atoms. The van der Waals surface area contributed by atoms with Crippen LogP contribution in [0.4, 0.5) is 0 Å². The Bertz CT molecular complexity index is 364. The van der Waals surface area contributed by atoms with Crippen molar-refractivity contribution < 1.29 is 13.2 Å². The molecule has 0 atom stereocenters. The maximum atomic E-state index is 10.7. The molecule has 0 amide bonds. The van der Waals surface area contributed by atoms with Crippen molar-refractivity contribution in [1.29, 1.82) is 0 Å². The standard InChI is InChI=1S/C9H12O3S/c1-8-3-5-9(6-4-8)12-7-13(2,10)11/h3-6H,7H2,1-2H3. The predicted molar refractivity (Wildman–Crippen MR) is 51.5 cm³/mol. The van der Waals surface area contributed by atoms with Crippen LogP contribution in [0.5, 0.6) is 5.75 Å². The summed E-state index contributed by atoms with van der Waals surface area (Å²) in [5.74, 6) is 0.312. The monoisotopic (exact) mass is 200 g/mol. The summed E-state index contributed by atoms with van der Waals surface area (Å²) in [7, 11) is -3.05. The van der Waals surface area contributed by atoms with Crippen LogP contribution in [-0.4, -0.2) is 20.6 Å². The first kappa shape index (κ1) is 10.1. The normalized spacial score (nSPS) is 11.2. The van der Waals surface area contributed by atoms with Gasteiger partial charge in [0.05, 0.1) is 0 Å². The number of hydrogen-bond acceptors (Lipinski definition) is 3. The van der Waals surface area contributed by atoms with Gasteiger partial charge < -0.3 is 4.74 Å². The molecule has 0 saturated heterocycles. The maximum Gasteiger partial charge on any atom is 0.188 e. The summed E-state index contributed by atoms with van der Waals surface area (Å²) in [6.45, 7) is 1.96. The minimum Gasteiger partial charge on any atom is -0.478 e. The number of ether oxygens (including phenoxy) is 1. The van der Waals surface area contributed by atoms with Crippen LogP contribution in [0.1, 0.15) is 5.56 Å². The second kappa shape index (κ2) is 3.79. The first-order valence-electron chi connectivity index (χ1n) is 3.84. The fourth-order valence-corrected chi connectivity index (χ4v) is 1.16. The van der Waals surface area contributed by atoms with E-state index in [2.05, 4.69) is 0 Å². The van der Waals surface area contributed by atoms with Crippen LogP contribution in [0.15, 0.2) is 24.3 Å². The van der Waals surface area contributed by atoms with Gasteiger partial charge in [-0.05, 0) is 19.1 Å². The summed E-state index contributed by atoms with van der Waals surface area (Å²) in [6, 6.07) is 7.25. The van der Waals surface area contributed by atoms with Crippen LogP contribution in [0.25, 0.3) is 0 Å². The molecule has 13 heavy (non-hydrogen) atoms. The van der Waals surface area contributed by atoms with E-state index >= 15 is 0 Å². The smallest absolute Gasteiger partial charge is 0.188 e. The number of aryl methyl sites for hydroxylation is 1. The molecule has 0 spiro atoms. The topological polar surface area (TPSA) is 43.4 Å². The summed E-state index contributed by atoms with van der Waals surface area (Å²) in [5.41, 5.74) is 1.12. The van der Waals surface area contributed by atoms with E-state index in [9.17, 15) is 8.42 Å². The van der Waals surface area contributed by atoms with Gasteiger partial charge in [-0.1, -0.05) is 17.7 Å². The van der Waals surface area contributed by atoms with Crippen LogP contribution >= 0.6 is 0 Å². The van der Waals surface area contributed by atoms with Gasteiger partial charge in [0.2, 0.25) is 0 Å². The largest absolute Gasteiger partial charge is 0.478 e. The van der Waals surface area contributed by atoms with Gasteiger partial charge in [0, 0.05) is 6.26 Å². The molecule has 1 rings (SSSR count). The van der Waals surface area contributed by atoms with Gasteiger partial charge in [-0.25, -0.2) is 8.42 Å². The summed E-state index contributed by atoms with van der Waals surface area (Å²) in [6.07, 6.45) is 1.14. The second-order valence-electron chi connectivity index (χ2n) is 3.00. The van der Waals surface area contributed by atoms with E-state index in [1.807, 2.05) is 19.1 Å². The summed E-state index contributed by atoms with van der Waals surface area (Å²) in [5, 5.41) is 0. The lowest BCUT2D eigenvalue weighted by Crippen LogP contribution is -2.09. The van der Waals surface area contributed by atoms with Gasteiger partial charge in [0.1, 0.15) is 5.75 Å². The Labute approximate surface area is 78.3 Å². The van der Waals surface area contributed by atoms with E-state index in [1.54, 1.807) is 12.1 Å². The molecule has 0 aliphatic carbocycles. The molecule has 0 aromatic heterocycles. The highest BCUT2D eigenvalue weighted by atomic mass is 32.2. The van der Waals surface area contributed by atoms with Crippen LogP contribution in [0.2, 0.25) is 0 Å². The third kappa shape index (κ3) is 3.94. The third-order valence-electron chi connectivity index (χ3n) is 1.46. The molecule has 0 aliphatic heterocycles. The van der Waals surface area contributed by atoms with Crippen molar-refractivity contribution in [2.75, 3.05) is 12.2 Å². The van der Waals surface area contributed by atoms with Crippen LogP contribution in [0.3, 0.4) is 0 Å². The molecule has 0 N–H and O–H groups in total. The summed E-state index contributed by atoms with van der Waals surface area (Å²) >= 11 is 0. The van der Waals surface area contributed by atoms with Crippen molar-refractivity contribution in [3.63, 3.8) is 0 Å². The molecule has 0 fully saturated rings. The minimum atomic E-state index is -3.05. The van der Waals surface area contributed by atoms with E-state index in [1.165, 1.54) is 0 Å². The van der Waals surface area contributed by atoms with Crippen LogP contribution < -0.4 is 4.74 Å². The van der Waals surface area contributed by atoms with Crippen molar-refractivity contribution in [3.05, 3.63) is 29.8 Å². The highest BCUT2D eigenvalue weighted by Gasteiger charge is 2.02. The average Bonchev–Trinajstić information content (AvgIpc) is 2.02. The third-order valence-corrected chi connectivity index (χ3v) is 2.01. The highest BCUT2D eigenvalue weighted by Crippen LogP contribution is 2.11. The minimum absolute atomic E-state index is 0.268. The second-order valence-corrected chi connectivity index (χ2v) is 5.09. The highest BCUT2D eigenvalue weighted by molar-refractivity contribution is 7.90. The molecule has 0 saturated carbocycles. The Morgan fingerprint density at radius 2 is 1.77 bits per heavy atom. The van der Waals surface area contributed by atoms with E-state index in [-0.39, 0.29) is 5.94 Å². The van der Waals surface area contributed by atoms with Crippen molar-refractivity contribution in [2.45, 2.75) is 6.92 Å². The number of rotatable bonds is 3. The van der Waals surface area contributed by atoms with Gasteiger partial charge in [0.15, 0.2) is 15.8 Å². The first-order valence-corrected chi connectivity index (χ1v) is 5.90. The van der Waals surface area contributed by atoms with Gasteiger partial charge in [0.25, 0.3) is 0 Å². The average molecular weight is 200 g/mol. The van der Waals surface area contributed by atoms with E-state index in [0.717, 1.165) is 11.8 Å². The van der Waals surface area contributed by atoms with Gasteiger partial charge in [-0.2, -0.15) is 0 Å². The molecule has 0 aliphatic rings. The Morgan fingerprint density at radius 1 is 1.23 bits per heavy atom. The first-order chi connectivity index (χ1) is 5.97. The Balaban J connectivity index is 2.61. The van der Waals surface area contributed by atoms with Crippen LogP contribution in [0, 0.1) is 6.92 Å². The summed E-state index contributed by atoms with van der Waals surface area (Å²) in [4.78, 5) is 0. The molecule has 4 heteroatoms. The van der Waals surface area contributed by atoms with Gasteiger partial charge >= 0.3 is 0 Å². The maximum absolute atomic E-state index is 10.7. The Morgan fingerprint density at radius 3 is 2.23 bits per heavy atom. The van der Waals surface area contributed by atoms with Crippen molar-refractivity contribution in [3.8, 4) is 5.75 Å². The quantitative estimate of drug-likeness (QED) is 0.740. The SMILES string of the molecule is Cc1ccc(OCS(C)(=O)=O)cc1. The fraction of sp³-hybridized carbons (Fsp3) is 0.333. The number of hydrogen-bond donors (Lipinski definition) is 0. The fourth-order valence-electron chi connectivity index (χ4n) is 0.810. The molecule has 0 unspecified atom stereocenters. The van der Waals surface area contributed by atoms with E-state index in [4.69, 9.17) is 4.74 Å². The Kier molecular flexibility index (Phi) is 2.93. The van der Waals surface area contributed by atoms with Crippen molar-refractivity contribution >= 4 is 9.84 Å². The Hall–Kier alpha value is -1.03.